The number of hydrogen-bond acceptors (Lipinski definition) is 5. The van der Waals surface area contributed by atoms with E-state index in [-0.39, 0.29) is 22.8 Å². The van der Waals surface area contributed by atoms with Gasteiger partial charge < -0.3 is 14.7 Å². The van der Waals surface area contributed by atoms with Gasteiger partial charge >= 0.3 is 0 Å². The fourth-order valence-electron chi connectivity index (χ4n) is 5.37. The molecule has 5 rings (SSSR count). The second-order valence-electron chi connectivity index (χ2n) is 9.53. The van der Waals surface area contributed by atoms with E-state index < -0.39 is 9.84 Å². The Bertz CT molecular complexity index is 852. The van der Waals surface area contributed by atoms with Crippen LogP contribution < -0.4 is 9.80 Å². The highest BCUT2D eigenvalue weighted by molar-refractivity contribution is 7.91. The fraction of sp³-hybridized carbons (Fsp3) is 0.682. The lowest BCUT2D eigenvalue weighted by Gasteiger charge is -2.48. The van der Waals surface area contributed by atoms with Gasteiger partial charge in [0.25, 0.3) is 0 Å². The Kier molecular flexibility index (Phi) is 5.30. The van der Waals surface area contributed by atoms with E-state index in [2.05, 4.69) is 52.8 Å². The Balaban J connectivity index is 1.54. The van der Waals surface area contributed by atoms with E-state index in [1.807, 2.05) is 6.92 Å². The zero-order valence-electron chi connectivity index (χ0n) is 17.8. The molecule has 4 aliphatic heterocycles. The SMILES string of the molecule is CCC(=O)N1CC2CN(c3ccc(N4CCS(=O)(=O)CC4)cc3)C(C1)C(C)(C)C2. The number of piperidine rings is 1. The molecule has 2 unspecified atom stereocenters. The molecular weight excluding hydrogens is 386 g/mol. The lowest BCUT2D eigenvalue weighted by atomic mass is 9.73. The monoisotopic (exact) mass is 419 g/mol. The fourth-order valence-corrected chi connectivity index (χ4v) is 6.57. The minimum atomic E-state index is -2.87. The molecule has 0 N–H and O–H groups in total. The highest BCUT2D eigenvalue weighted by atomic mass is 32.2. The van der Waals surface area contributed by atoms with Crippen LogP contribution in [0.1, 0.15) is 33.6 Å². The molecule has 4 fully saturated rings. The number of anilines is 2. The summed E-state index contributed by atoms with van der Waals surface area (Å²) in [4.78, 5) is 19.2. The van der Waals surface area contributed by atoms with E-state index in [0.717, 1.165) is 31.7 Å². The smallest absolute Gasteiger partial charge is 0.222 e. The van der Waals surface area contributed by atoms with Gasteiger partial charge in [0, 0.05) is 50.5 Å². The molecule has 7 heteroatoms. The van der Waals surface area contributed by atoms with Gasteiger partial charge in [-0.25, -0.2) is 8.42 Å². The molecule has 4 saturated heterocycles. The first kappa shape index (κ1) is 20.5. The first-order valence-electron chi connectivity index (χ1n) is 10.8. The van der Waals surface area contributed by atoms with Crippen LogP contribution in [0.5, 0.6) is 0 Å². The maximum absolute atomic E-state index is 12.4. The van der Waals surface area contributed by atoms with Crippen molar-refractivity contribution in [1.82, 2.24) is 4.90 Å². The van der Waals surface area contributed by atoms with Crippen molar-refractivity contribution < 1.29 is 13.2 Å². The van der Waals surface area contributed by atoms with Gasteiger partial charge in [0.15, 0.2) is 9.84 Å². The second kappa shape index (κ2) is 7.49. The van der Waals surface area contributed by atoms with Gasteiger partial charge in [0.2, 0.25) is 5.91 Å². The third kappa shape index (κ3) is 4.11. The van der Waals surface area contributed by atoms with Gasteiger partial charge in [0.05, 0.1) is 17.5 Å². The Morgan fingerprint density at radius 2 is 1.66 bits per heavy atom. The molecule has 4 aliphatic rings. The quantitative estimate of drug-likeness (QED) is 0.753. The van der Waals surface area contributed by atoms with Crippen LogP contribution >= 0.6 is 0 Å². The zero-order valence-corrected chi connectivity index (χ0v) is 18.6. The summed E-state index contributed by atoms with van der Waals surface area (Å²) in [6.07, 6.45) is 1.72. The summed E-state index contributed by atoms with van der Waals surface area (Å²) in [6, 6.07) is 8.88. The normalized spacial score (nSPS) is 28.3. The summed E-state index contributed by atoms with van der Waals surface area (Å²) >= 11 is 0. The van der Waals surface area contributed by atoms with E-state index in [1.54, 1.807) is 0 Å². The number of carbonyl (C=O) groups excluding carboxylic acids is 1. The molecule has 160 valence electrons. The summed E-state index contributed by atoms with van der Waals surface area (Å²) in [6.45, 7) is 10.4. The van der Waals surface area contributed by atoms with E-state index in [4.69, 9.17) is 0 Å². The largest absolute Gasteiger partial charge is 0.369 e. The first-order chi connectivity index (χ1) is 13.7. The highest BCUT2D eigenvalue weighted by Gasteiger charge is 2.46. The average Bonchev–Trinajstić information content (AvgIpc) is 2.94. The van der Waals surface area contributed by atoms with E-state index in [0.29, 0.717) is 31.5 Å². The number of benzene rings is 1. The molecule has 2 bridgehead atoms. The molecule has 0 radical (unpaired) electrons. The van der Waals surface area contributed by atoms with Crippen LogP contribution in [0.3, 0.4) is 0 Å². The van der Waals surface area contributed by atoms with Gasteiger partial charge in [-0.3, -0.25) is 4.79 Å². The Hall–Kier alpha value is -1.76. The molecule has 0 saturated carbocycles. The van der Waals surface area contributed by atoms with Crippen LogP contribution in [-0.2, 0) is 14.6 Å². The third-order valence-corrected chi connectivity index (χ3v) is 8.58. The van der Waals surface area contributed by atoms with Crippen molar-refractivity contribution in [2.45, 2.75) is 39.7 Å². The van der Waals surface area contributed by atoms with Gasteiger partial charge in [-0.2, -0.15) is 0 Å². The van der Waals surface area contributed by atoms with E-state index >= 15 is 0 Å². The molecule has 1 aromatic rings. The number of hydrogen-bond donors (Lipinski definition) is 0. The number of rotatable bonds is 3. The van der Waals surface area contributed by atoms with Crippen LogP contribution in [0.15, 0.2) is 24.3 Å². The van der Waals surface area contributed by atoms with Gasteiger partial charge in [0.1, 0.15) is 0 Å². The lowest BCUT2D eigenvalue weighted by molar-refractivity contribution is -0.131. The number of sulfone groups is 1. The van der Waals surface area contributed by atoms with Crippen molar-refractivity contribution in [3.05, 3.63) is 24.3 Å². The van der Waals surface area contributed by atoms with E-state index in [1.165, 1.54) is 5.69 Å². The Morgan fingerprint density at radius 3 is 2.28 bits per heavy atom. The van der Waals surface area contributed by atoms with Crippen molar-refractivity contribution in [2.24, 2.45) is 11.3 Å². The maximum atomic E-state index is 12.4. The molecular formula is C22H33N3O3S. The predicted octanol–water partition coefficient (Wildman–Crippen LogP) is 2.39. The van der Waals surface area contributed by atoms with Crippen molar-refractivity contribution in [2.75, 3.05) is 54.0 Å². The highest BCUT2D eigenvalue weighted by Crippen LogP contribution is 2.43. The number of nitrogens with zero attached hydrogens (tertiary/aromatic N) is 3. The van der Waals surface area contributed by atoms with Crippen molar-refractivity contribution >= 4 is 27.1 Å². The van der Waals surface area contributed by atoms with Crippen LogP contribution in [0.2, 0.25) is 0 Å². The van der Waals surface area contributed by atoms with Crippen molar-refractivity contribution in [3.8, 4) is 0 Å². The van der Waals surface area contributed by atoms with Crippen molar-refractivity contribution in [3.63, 3.8) is 0 Å². The van der Waals surface area contributed by atoms with Crippen LogP contribution in [0.4, 0.5) is 11.4 Å². The average molecular weight is 420 g/mol. The lowest BCUT2D eigenvalue weighted by Crippen LogP contribution is -2.54. The predicted molar refractivity (Wildman–Crippen MR) is 117 cm³/mol. The molecule has 0 aromatic heterocycles. The Labute approximate surface area is 174 Å². The standard InChI is InChI=1S/C22H33N3O3S/c1-4-21(26)24-14-17-13-22(2,3)20(16-24)25(15-17)19-7-5-18(6-8-19)23-9-11-29(27,28)12-10-23/h5-8,17,20H,4,9-16H2,1-3H3. The van der Waals surface area contributed by atoms with Crippen LogP contribution in [-0.4, -0.2) is 69.5 Å². The molecule has 4 heterocycles. The second-order valence-corrected chi connectivity index (χ2v) is 11.8. The topological polar surface area (TPSA) is 60.9 Å². The molecule has 2 atom stereocenters. The van der Waals surface area contributed by atoms with Crippen LogP contribution in [0.25, 0.3) is 0 Å². The summed E-state index contributed by atoms with van der Waals surface area (Å²) in [5, 5.41) is 0. The molecule has 29 heavy (non-hydrogen) atoms. The summed E-state index contributed by atoms with van der Waals surface area (Å²) < 4.78 is 23.4. The number of carbonyl (C=O) groups is 1. The minimum Gasteiger partial charge on any atom is -0.369 e. The van der Waals surface area contributed by atoms with Gasteiger partial charge in [-0.05, 0) is 42.0 Å². The summed E-state index contributed by atoms with van der Waals surface area (Å²) in [5.41, 5.74) is 2.45. The zero-order chi connectivity index (χ0) is 20.8. The van der Waals surface area contributed by atoms with E-state index in [9.17, 15) is 13.2 Å². The van der Waals surface area contributed by atoms with Crippen LogP contribution in [0, 0.1) is 11.3 Å². The molecule has 6 nitrogen and oxygen atoms in total. The third-order valence-electron chi connectivity index (χ3n) is 6.97. The summed E-state index contributed by atoms with van der Waals surface area (Å²) in [5.74, 6) is 1.22. The van der Waals surface area contributed by atoms with Crippen molar-refractivity contribution in [1.29, 1.82) is 0 Å². The van der Waals surface area contributed by atoms with Gasteiger partial charge in [-0.15, -0.1) is 0 Å². The first-order valence-corrected chi connectivity index (χ1v) is 12.6. The Morgan fingerprint density at radius 1 is 1.03 bits per heavy atom. The van der Waals surface area contributed by atoms with Gasteiger partial charge in [-0.1, -0.05) is 20.8 Å². The molecule has 0 spiro atoms. The number of fused-ring (bicyclic) bond motifs is 4. The maximum Gasteiger partial charge on any atom is 0.222 e. The molecule has 0 aliphatic carbocycles. The molecule has 1 aromatic carbocycles. The number of amides is 1. The minimum absolute atomic E-state index is 0.158. The summed E-state index contributed by atoms with van der Waals surface area (Å²) in [7, 11) is -2.87. The molecule has 1 amide bonds.